The molecule has 0 saturated heterocycles. The molecule has 16 heavy (non-hydrogen) atoms. The number of carboxylic acid groups (broad SMARTS) is 1. The Labute approximate surface area is 98.0 Å². The molecule has 0 bridgehead atoms. The lowest BCUT2D eigenvalue weighted by atomic mass is 9.86. The van der Waals surface area contributed by atoms with E-state index in [0.29, 0.717) is 6.04 Å². The third kappa shape index (κ3) is 4.49. The Balaban J connectivity index is 2.19. The van der Waals surface area contributed by atoms with Crippen LogP contribution in [0.15, 0.2) is 0 Å². The minimum Gasteiger partial charge on any atom is -0.481 e. The van der Waals surface area contributed by atoms with Gasteiger partial charge in [-0.05, 0) is 32.9 Å². The molecule has 1 rings (SSSR count). The van der Waals surface area contributed by atoms with E-state index in [0.717, 1.165) is 45.3 Å². The molecule has 0 aromatic rings. The standard InChI is InChI=1S/C12H24N2O2/c1-3-14(2)8-7-13-11-6-4-5-10(9-11)12(15)16/h10-11,13H,3-9H2,1-2H3,(H,15,16). The Hall–Kier alpha value is -0.610. The van der Waals surface area contributed by atoms with Crippen LogP contribution >= 0.6 is 0 Å². The fourth-order valence-corrected chi connectivity index (χ4v) is 2.22. The average molecular weight is 228 g/mol. The van der Waals surface area contributed by atoms with E-state index in [2.05, 4.69) is 24.2 Å². The fourth-order valence-electron chi connectivity index (χ4n) is 2.22. The van der Waals surface area contributed by atoms with Gasteiger partial charge in [-0.15, -0.1) is 0 Å². The van der Waals surface area contributed by atoms with Gasteiger partial charge in [0.05, 0.1) is 5.92 Å². The van der Waals surface area contributed by atoms with Crippen LogP contribution < -0.4 is 5.32 Å². The first-order chi connectivity index (χ1) is 7.63. The second kappa shape index (κ2) is 6.86. The van der Waals surface area contributed by atoms with Gasteiger partial charge in [-0.2, -0.15) is 0 Å². The molecule has 0 aliphatic heterocycles. The molecule has 2 atom stereocenters. The van der Waals surface area contributed by atoms with Crippen LogP contribution in [0.4, 0.5) is 0 Å². The molecule has 4 nitrogen and oxygen atoms in total. The molecule has 0 spiro atoms. The topological polar surface area (TPSA) is 52.6 Å². The van der Waals surface area contributed by atoms with E-state index in [-0.39, 0.29) is 5.92 Å². The Kier molecular flexibility index (Phi) is 5.77. The lowest BCUT2D eigenvalue weighted by Gasteiger charge is -2.28. The molecule has 0 radical (unpaired) electrons. The van der Waals surface area contributed by atoms with Crippen LogP contribution in [0, 0.1) is 5.92 Å². The van der Waals surface area contributed by atoms with E-state index in [1.54, 1.807) is 0 Å². The SMILES string of the molecule is CCN(C)CCNC1CCCC(C(=O)O)C1. The van der Waals surface area contributed by atoms with Crippen molar-refractivity contribution in [1.82, 2.24) is 10.2 Å². The van der Waals surface area contributed by atoms with Crippen LogP contribution in [-0.2, 0) is 4.79 Å². The van der Waals surface area contributed by atoms with Crippen LogP contribution in [0.5, 0.6) is 0 Å². The summed E-state index contributed by atoms with van der Waals surface area (Å²) >= 11 is 0. The van der Waals surface area contributed by atoms with Crippen molar-refractivity contribution in [2.45, 2.75) is 38.6 Å². The van der Waals surface area contributed by atoms with E-state index >= 15 is 0 Å². The summed E-state index contributed by atoms with van der Waals surface area (Å²) in [6, 6.07) is 0.403. The van der Waals surface area contributed by atoms with E-state index in [1.165, 1.54) is 0 Å². The first-order valence-electron chi connectivity index (χ1n) is 6.28. The maximum absolute atomic E-state index is 10.9. The molecule has 1 aliphatic carbocycles. The number of hydrogen-bond acceptors (Lipinski definition) is 3. The molecule has 0 amide bonds. The Morgan fingerprint density at radius 2 is 2.25 bits per heavy atom. The fraction of sp³-hybridized carbons (Fsp3) is 0.917. The molecule has 2 N–H and O–H groups in total. The summed E-state index contributed by atoms with van der Waals surface area (Å²) in [4.78, 5) is 13.1. The predicted molar refractivity (Wildman–Crippen MR) is 64.6 cm³/mol. The summed E-state index contributed by atoms with van der Waals surface area (Å²) in [6.45, 7) is 5.19. The Morgan fingerprint density at radius 3 is 2.88 bits per heavy atom. The van der Waals surface area contributed by atoms with E-state index in [9.17, 15) is 4.79 Å². The molecule has 0 aromatic heterocycles. The molecular formula is C12H24N2O2. The zero-order chi connectivity index (χ0) is 12.0. The van der Waals surface area contributed by atoms with Crippen LogP contribution in [0.1, 0.15) is 32.6 Å². The van der Waals surface area contributed by atoms with Crippen LogP contribution in [0.2, 0.25) is 0 Å². The smallest absolute Gasteiger partial charge is 0.306 e. The third-order valence-electron chi connectivity index (χ3n) is 3.49. The summed E-state index contributed by atoms with van der Waals surface area (Å²) in [7, 11) is 2.10. The van der Waals surface area contributed by atoms with Gasteiger partial charge in [0.1, 0.15) is 0 Å². The average Bonchev–Trinajstić information content (AvgIpc) is 2.29. The first-order valence-corrected chi connectivity index (χ1v) is 6.28. The maximum Gasteiger partial charge on any atom is 0.306 e. The number of carboxylic acids is 1. The van der Waals surface area contributed by atoms with Gasteiger partial charge in [-0.1, -0.05) is 13.3 Å². The van der Waals surface area contributed by atoms with Gasteiger partial charge in [-0.3, -0.25) is 4.79 Å². The van der Waals surface area contributed by atoms with Gasteiger partial charge in [0, 0.05) is 19.1 Å². The number of hydrogen-bond donors (Lipinski definition) is 2. The molecule has 94 valence electrons. The van der Waals surface area contributed by atoms with Gasteiger partial charge in [0.25, 0.3) is 0 Å². The van der Waals surface area contributed by atoms with Gasteiger partial charge < -0.3 is 15.3 Å². The highest BCUT2D eigenvalue weighted by Gasteiger charge is 2.26. The molecule has 4 heteroatoms. The molecule has 2 unspecified atom stereocenters. The molecule has 1 fully saturated rings. The minimum atomic E-state index is -0.628. The number of likely N-dealkylation sites (N-methyl/N-ethyl adjacent to an activating group) is 1. The van der Waals surface area contributed by atoms with Crippen molar-refractivity contribution in [3.05, 3.63) is 0 Å². The highest BCUT2D eigenvalue weighted by atomic mass is 16.4. The zero-order valence-electron chi connectivity index (χ0n) is 10.4. The quantitative estimate of drug-likeness (QED) is 0.716. The van der Waals surface area contributed by atoms with Crippen molar-refractivity contribution in [2.24, 2.45) is 5.92 Å². The summed E-state index contributed by atoms with van der Waals surface area (Å²) in [5, 5.41) is 12.4. The van der Waals surface area contributed by atoms with Crippen molar-refractivity contribution in [3.8, 4) is 0 Å². The second-order valence-corrected chi connectivity index (χ2v) is 4.75. The van der Waals surface area contributed by atoms with Gasteiger partial charge >= 0.3 is 5.97 Å². The summed E-state index contributed by atoms with van der Waals surface area (Å²) in [5.74, 6) is -0.757. The van der Waals surface area contributed by atoms with E-state index < -0.39 is 5.97 Å². The Morgan fingerprint density at radius 1 is 1.50 bits per heavy atom. The number of nitrogens with zero attached hydrogens (tertiary/aromatic N) is 1. The molecule has 0 heterocycles. The molecule has 1 saturated carbocycles. The largest absolute Gasteiger partial charge is 0.481 e. The summed E-state index contributed by atoms with van der Waals surface area (Å²) in [6.07, 6.45) is 3.81. The monoisotopic (exact) mass is 228 g/mol. The minimum absolute atomic E-state index is 0.129. The lowest BCUT2D eigenvalue weighted by molar-refractivity contribution is -0.143. The Bertz CT molecular complexity index is 221. The van der Waals surface area contributed by atoms with Crippen molar-refractivity contribution in [3.63, 3.8) is 0 Å². The first kappa shape index (κ1) is 13.5. The van der Waals surface area contributed by atoms with Crippen LogP contribution in [-0.4, -0.2) is 48.7 Å². The summed E-state index contributed by atoms with van der Waals surface area (Å²) in [5.41, 5.74) is 0. The highest BCUT2D eigenvalue weighted by molar-refractivity contribution is 5.70. The van der Waals surface area contributed by atoms with Crippen molar-refractivity contribution >= 4 is 5.97 Å². The molecular weight excluding hydrogens is 204 g/mol. The predicted octanol–water partition coefficient (Wildman–Crippen LogP) is 1.17. The molecule has 0 aromatic carbocycles. The third-order valence-corrected chi connectivity index (χ3v) is 3.49. The maximum atomic E-state index is 10.9. The van der Waals surface area contributed by atoms with Crippen LogP contribution in [0.3, 0.4) is 0 Å². The molecule has 1 aliphatic rings. The highest BCUT2D eigenvalue weighted by Crippen LogP contribution is 2.24. The van der Waals surface area contributed by atoms with Crippen molar-refractivity contribution in [2.75, 3.05) is 26.7 Å². The van der Waals surface area contributed by atoms with E-state index in [4.69, 9.17) is 5.11 Å². The lowest BCUT2D eigenvalue weighted by Crippen LogP contribution is -2.40. The van der Waals surface area contributed by atoms with Gasteiger partial charge in [0.15, 0.2) is 0 Å². The van der Waals surface area contributed by atoms with Crippen LogP contribution in [0.25, 0.3) is 0 Å². The number of nitrogens with one attached hydrogen (secondary N) is 1. The zero-order valence-corrected chi connectivity index (χ0v) is 10.4. The van der Waals surface area contributed by atoms with Gasteiger partial charge in [-0.25, -0.2) is 0 Å². The second-order valence-electron chi connectivity index (χ2n) is 4.75. The van der Waals surface area contributed by atoms with Crippen molar-refractivity contribution < 1.29 is 9.90 Å². The number of rotatable bonds is 6. The number of carbonyl (C=O) groups is 1. The normalized spacial score (nSPS) is 25.9. The summed E-state index contributed by atoms with van der Waals surface area (Å²) < 4.78 is 0. The van der Waals surface area contributed by atoms with E-state index in [1.807, 2.05) is 0 Å². The number of aliphatic carboxylic acids is 1. The van der Waals surface area contributed by atoms with Gasteiger partial charge in [0.2, 0.25) is 0 Å². The van der Waals surface area contributed by atoms with Crippen molar-refractivity contribution in [1.29, 1.82) is 0 Å².